The van der Waals surface area contributed by atoms with Crippen LogP contribution in [0.5, 0.6) is 0 Å². The molecule has 0 atom stereocenters. The van der Waals surface area contributed by atoms with Crippen molar-refractivity contribution in [3.05, 3.63) is 28.2 Å². The van der Waals surface area contributed by atoms with Gasteiger partial charge in [-0.1, -0.05) is 22.9 Å². The van der Waals surface area contributed by atoms with Gasteiger partial charge in [0.1, 0.15) is 0 Å². The summed E-state index contributed by atoms with van der Waals surface area (Å²) in [4.78, 5) is 12.1. The molecule has 98 valence electrons. The summed E-state index contributed by atoms with van der Waals surface area (Å²) in [6.45, 7) is 4.30. The zero-order chi connectivity index (χ0) is 13.1. The van der Waals surface area contributed by atoms with Crippen LogP contribution >= 0.6 is 15.9 Å². The number of hydrogen-bond acceptors (Lipinski definition) is 1. The fourth-order valence-electron chi connectivity index (χ4n) is 2.49. The van der Waals surface area contributed by atoms with Gasteiger partial charge in [0, 0.05) is 16.1 Å². The van der Waals surface area contributed by atoms with E-state index in [1.807, 2.05) is 25.1 Å². The zero-order valence-electron chi connectivity index (χ0n) is 11.0. The number of anilines is 1. The number of hydrogen-bond donors (Lipinski definition) is 1. The van der Waals surface area contributed by atoms with Crippen LogP contribution in [0.2, 0.25) is 0 Å². The van der Waals surface area contributed by atoms with Crippen molar-refractivity contribution < 1.29 is 4.79 Å². The summed E-state index contributed by atoms with van der Waals surface area (Å²) < 4.78 is 1.08. The van der Waals surface area contributed by atoms with Gasteiger partial charge in [-0.2, -0.15) is 0 Å². The van der Waals surface area contributed by atoms with Crippen molar-refractivity contribution in [1.29, 1.82) is 0 Å². The average molecular weight is 310 g/mol. The summed E-state index contributed by atoms with van der Waals surface area (Å²) >= 11 is 3.47. The first-order valence-corrected chi connectivity index (χ1v) is 7.42. The highest BCUT2D eigenvalue weighted by molar-refractivity contribution is 9.10. The van der Waals surface area contributed by atoms with Crippen molar-refractivity contribution in [2.24, 2.45) is 11.8 Å². The molecule has 0 unspecified atom stereocenters. The maximum atomic E-state index is 12.1. The maximum Gasteiger partial charge on any atom is 0.227 e. The molecule has 18 heavy (non-hydrogen) atoms. The van der Waals surface area contributed by atoms with Crippen molar-refractivity contribution in [2.45, 2.75) is 39.5 Å². The molecule has 1 fully saturated rings. The molecule has 1 aliphatic rings. The summed E-state index contributed by atoms with van der Waals surface area (Å²) in [6.07, 6.45) is 4.42. The number of benzene rings is 1. The normalized spacial score (nSPS) is 23.7. The summed E-state index contributed by atoms with van der Waals surface area (Å²) in [7, 11) is 0. The highest BCUT2D eigenvalue weighted by Gasteiger charge is 2.24. The van der Waals surface area contributed by atoms with Gasteiger partial charge in [-0.15, -0.1) is 0 Å². The van der Waals surface area contributed by atoms with Gasteiger partial charge in [0.25, 0.3) is 0 Å². The minimum atomic E-state index is 0.184. The molecule has 0 aliphatic heterocycles. The van der Waals surface area contributed by atoms with Crippen LogP contribution in [0.15, 0.2) is 22.7 Å². The number of carbonyl (C=O) groups excluding carboxylic acids is 1. The van der Waals surface area contributed by atoms with Crippen LogP contribution in [0, 0.1) is 18.8 Å². The quantitative estimate of drug-likeness (QED) is 0.855. The van der Waals surface area contributed by atoms with E-state index in [4.69, 9.17) is 0 Å². The molecule has 0 saturated heterocycles. The third kappa shape index (κ3) is 3.35. The molecule has 1 amide bonds. The van der Waals surface area contributed by atoms with Gasteiger partial charge in [0.05, 0.1) is 0 Å². The number of nitrogens with one attached hydrogen (secondary N) is 1. The van der Waals surface area contributed by atoms with E-state index in [1.165, 1.54) is 12.8 Å². The third-order valence-electron chi connectivity index (χ3n) is 3.81. The molecular weight excluding hydrogens is 290 g/mol. The van der Waals surface area contributed by atoms with Crippen molar-refractivity contribution in [2.75, 3.05) is 5.32 Å². The highest BCUT2D eigenvalue weighted by atomic mass is 79.9. The van der Waals surface area contributed by atoms with E-state index >= 15 is 0 Å². The first kappa shape index (κ1) is 13.6. The van der Waals surface area contributed by atoms with Crippen LogP contribution in [-0.4, -0.2) is 5.91 Å². The number of halogens is 1. The predicted octanol–water partition coefficient (Wildman–Crippen LogP) is 4.52. The molecule has 1 aromatic carbocycles. The van der Waals surface area contributed by atoms with Gasteiger partial charge in [0.2, 0.25) is 5.91 Å². The third-order valence-corrected chi connectivity index (χ3v) is 4.70. The van der Waals surface area contributed by atoms with Crippen molar-refractivity contribution in [3.63, 3.8) is 0 Å². The lowest BCUT2D eigenvalue weighted by atomic mass is 9.82. The van der Waals surface area contributed by atoms with Gasteiger partial charge in [-0.3, -0.25) is 4.79 Å². The first-order chi connectivity index (χ1) is 8.56. The fraction of sp³-hybridized carbons (Fsp3) is 0.533. The van der Waals surface area contributed by atoms with Crippen LogP contribution in [-0.2, 0) is 4.79 Å². The second kappa shape index (κ2) is 5.87. The number of carbonyl (C=O) groups is 1. The van der Waals surface area contributed by atoms with E-state index in [1.54, 1.807) is 0 Å². The summed E-state index contributed by atoms with van der Waals surface area (Å²) in [5.41, 5.74) is 2.05. The largest absolute Gasteiger partial charge is 0.326 e. The Kier molecular flexibility index (Phi) is 4.44. The van der Waals surface area contributed by atoms with E-state index in [0.717, 1.165) is 34.5 Å². The van der Waals surface area contributed by atoms with Crippen LogP contribution in [0.4, 0.5) is 5.69 Å². The van der Waals surface area contributed by atoms with Gasteiger partial charge in [-0.25, -0.2) is 0 Å². The Hall–Kier alpha value is -0.830. The number of aryl methyl sites for hydroxylation is 1. The molecule has 1 N–H and O–H groups in total. The first-order valence-electron chi connectivity index (χ1n) is 6.63. The predicted molar refractivity (Wildman–Crippen MR) is 78.6 cm³/mol. The zero-order valence-corrected chi connectivity index (χ0v) is 12.6. The topological polar surface area (TPSA) is 29.1 Å². The Morgan fingerprint density at radius 3 is 2.56 bits per heavy atom. The molecule has 0 bridgehead atoms. The second-order valence-electron chi connectivity index (χ2n) is 5.41. The van der Waals surface area contributed by atoms with Crippen molar-refractivity contribution in [3.8, 4) is 0 Å². The van der Waals surface area contributed by atoms with Crippen LogP contribution in [0.25, 0.3) is 0 Å². The Bertz CT molecular complexity index is 436. The maximum absolute atomic E-state index is 12.1. The average Bonchev–Trinajstić information content (AvgIpc) is 2.34. The van der Waals surface area contributed by atoms with E-state index in [-0.39, 0.29) is 11.8 Å². The molecule has 0 spiro atoms. The minimum Gasteiger partial charge on any atom is -0.326 e. The van der Waals surface area contributed by atoms with E-state index < -0.39 is 0 Å². The van der Waals surface area contributed by atoms with E-state index in [9.17, 15) is 4.79 Å². The van der Waals surface area contributed by atoms with E-state index in [0.29, 0.717) is 0 Å². The minimum absolute atomic E-state index is 0.184. The Morgan fingerprint density at radius 2 is 1.94 bits per heavy atom. The van der Waals surface area contributed by atoms with Gasteiger partial charge < -0.3 is 5.32 Å². The smallest absolute Gasteiger partial charge is 0.227 e. The monoisotopic (exact) mass is 309 g/mol. The molecule has 0 aromatic heterocycles. The summed E-state index contributed by atoms with van der Waals surface area (Å²) in [6, 6.07) is 5.93. The Labute approximate surface area is 117 Å². The number of rotatable bonds is 2. The van der Waals surface area contributed by atoms with Gasteiger partial charge >= 0.3 is 0 Å². The molecule has 0 radical (unpaired) electrons. The fourth-order valence-corrected chi connectivity index (χ4v) is 2.74. The molecule has 2 rings (SSSR count). The van der Waals surface area contributed by atoms with Crippen LogP contribution < -0.4 is 5.32 Å². The standard InChI is InChI=1S/C15H20BrNO/c1-10-3-5-12(6-4-10)15(18)17-13-7-8-14(16)11(2)9-13/h7-10,12H,3-6H2,1-2H3,(H,17,18). The van der Waals surface area contributed by atoms with Gasteiger partial charge in [-0.05, 0) is 62.3 Å². The summed E-state index contributed by atoms with van der Waals surface area (Å²) in [5.74, 6) is 1.16. The van der Waals surface area contributed by atoms with Crippen molar-refractivity contribution in [1.82, 2.24) is 0 Å². The number of amides is 1. The lowest BCUT2D eigenvalue weighted by Gasteiger charge is -2.25. The van der Waals surface area contributed by atoms with Gasteiger partial charge in [0.15, 0.2) is 0 Å². The van der Waals surface area contributed by atoms with E-state index in [2.05, 4.69) is 28.2 Å². The molecule has 2 nitrogen and oxygen atoms in total. The SMILES string of the molecule is Cc1cc(NC(=O)C2CCC(C)CC2)ccc1Br. The molecular formula is C15H20BrNO. The molecule has 3 heteroatoms. The van der Waals surface area contributed by atoms with Crippen LogP contribution in [0.3, 0.4) is 0 Å². The lowest BCUT2D eigenvalue weighted by molar-refractivity contribution is -0.121. The lowest BCUT2D eigenvalue weighted by Crippen LogP contribution is -2.26. The van der Waals surface area contributed by atoms with Crippen molar-refractivity contribution >= 4 is 27.5 Å². The Morgan fingerprint density at radius 1 is 1.28 bits per heavy atom. The Balaban J connectivity index is 1.96. The summed E-state index contributed by atoms with van der Waals surface area (Å²) in [5, 5.41) is 3.03. The molecule has 1 aliphatic carbocycles. The molecule has 1 saturated carbocycles. The second-order valence-corrected chi connectivity index (χ2v) is 6.26. The highest BCUT2D eigenvalue weighted by Crippen LogP contribution is 2.29. The molecule has 0 heterocycles. The molecule has 1 aromatic rings. The van der Waals surface area contributed by atoms with Crippen LogP contribution in [0.1, 0.15) is 38.2 Å².